The van der Waals surface area contributed by atoms with Gasteiger partial charge in [0.2, 0.25) is 5.16 Å². The van der Waals surface area contributed by atoms with E-state index in [-0.39, 0.29) is 11.9 Å². The van der Waals surface area contributed by atoms with Crippen LogP contribution in [0.2, 0.25) is 0 Å². The third-order valence-corrected chi connectivity index (χ3v) is 6.44. The molecule has 5 rings (SSSR count). The topological polar surface area (TPSA) is 78.6 Å². The summed E-state index contributed by atoms with van der Waals surface area (Å²) in [6.45, 7) is 1.41. The zero-order chi connectivity index (χ0) is 18.9. The molecule has 28 heavy (non-hydrogen) atoms. The Morgan fingerprint density at radius 3 is 2.96 bits per heavy atom. The number of ether oxygens (including phenoxy) is 1. The molecule has 4 aromatic rings. The smallest absolute Gasteiger partial charge is 0.215 e. The lowest BCUT2D eigenvalue weighted by atomic mass is 10.1. The second-order valence-electron chi connectivity index (χ2n) is 6.40. The molecule has 1 saturated heterocycles. The van der Waals surface area contributed by atoms with Gasteiger partial charge >= 0.3 is 0 Å². The average molecular weight is 414 g/mol. The number of aromatic nitrogens is 6. The number of benzene rings is 1. The largest absolute Gasteiger partial charge is 0.376 e. The van der Waals surface area contributed by atoms with Crippen molar-refractivity contribution in [3.63, 3.8) is 0 Å². The predicted molar refractivity (Wildman–Crippen MR) is 104 cm³/mol. The van der Waals surface area contributed by atoms with E-state index >= 15 is 0 Å². The molecule has 0 N–H and O–H groups in total. The fraction of sp³-hybridized carbons (Fsp3) is 0.278. The highest BCUT2D eigenvalue weighted by Gasteiger charge is 2.21. The van der Waals surface area contributed by atoms with E-state index in [1.807, 2.05) is 5.38 Å². The molecule has 0 spiro atoms. The van der Waals surface area contributed by atoms with Crippen LogP contribution in [-0.2, 0) is 11.3 Å². The average Bonchev–Trinajstić information content (AvgIpc) is 3.45. The third-order valence-electron chi connectivity index (χ3n) is 4.58. The number of tetrazole rings is 1. The van der Waals surface area contributed by atoms with Crippen molar-refractivity contribution in [2.24, 2.45) is 0 Å². The third kappa shape index (κ3) is 3.38. The maximum Gasteiger partial charge on any atom is 0.215 e. The summed E-state index contributed by atoms with van der Waals surface area (Å²) in [6, 6.07) is 6.44. The van der Waals surface area contributed by atoms with Crippen molar-refractivity contribution in [3.8, 4) is 11.1 Å². The van der Waals surface area contributed by atoms with E-state index in [4.69, 9.17) is 4.74 Å². The number of nitrogens with zero attached hydrogens (tertiary/aromatic N) is 6. The van der Waals surface area contributed by atoms with Gasteiger partial charge in [0, 0.05) is 17.6 Å². The van der Waals surface area contributed by atoms with E-state index in [1.54, 1.807) is 23.1 Å². The van der Waals surface area contributed by atoms with Gasteiger partial charge in [-0.2, -0.15) is 0 Å². The molecule has 1 atom stereocenters. The van der Waals surface area contributed by atoms with Crippen LogP contribution in [0.4, 0.5) is 4.39 Å². The number of fused-ring (bicyclic) bond motifs is 1. The molecule has 142 valence electrons. The lowest BCUT2D eigenvalue weighted by molar-refractivity contribution is 0.0912. The van der Waals surface area contributed by atoms with Crippen LogP contribution in [0.1, 0.15) is 12.8 Å². The van der Waals surface area contributed by atoms with Crippen LogP contribution >= 0.6 is 23.1 Å². The maximum atomic E-state index is 13.3. The van der Waals surface area contributed by atoms with Gasteiger partial charge in [-0.3, -0.25) is 0 Å². The minimum atomic E-state index is -0.262. The van der Waals surface area contributed by atoms with Crippen molar-refractivity contribution in [1.82, 2.24) is 30.2 Å². The highest BCUT2D eigenvalue weighted by Crippen LogP contribution is 2.39. The molecule has 10 heteroatoms. The summed E-state index contributed by atoms with van der Waals surface area (Å²) < 4.78 is 20.8. The van der Waals surface area contributed by atoms with Gasteiger partial charge in [0.25, 0.3) is 0 Å². The number of rotatable bonds is 5. The first-order valence-corrected chi connectivity index (χ1v) is 10.5. The molecule has 0 radical (unpaired) electrons. The van der Waals surface area contributed by atoms with E-state index in [2.05, 4.69) is 25.5 Å². The van der Waals surface area contributed by atoms with Crippen LogP contribution in [-0.4, -0.2) is 42.9 Å². The quantitative estimate of drug-likeness (QED) is 0.460. The van der Waals surface area contributed by atoms with E-state index in [9.17, 15) is 4.39 Å². The Hall–Kier alpha value is -2.43. The first-order chi connectivity index (χ1) is 13.8. The molecule has 0 saturated carbocycles. The monoisotopic (exact) mass is 414 g/mol. The number of hydrogen-bond donors (Lipinski definition) is 0. The molecule has 1 aliphatic rings. The Balaban J connectivity index is 1.51. The van der Waals surface area contributed by atoms with Gasteiger partial charge in [-0.15, -0.1) is 16.4 Å². The second-order valence-corrected chi connectivity index (χ2v) is 8.21. The van der Waals surface area contributed by atoms with Crippen LogP contribution in [0, 0.1) is 5.82 Å². The summed E-state index contributed by atoms with van der Waals surface area (Å²) in [7, 11) is 0. The van der Waals surface area contributed by atoms with Crippen molar-refractivity contribution in [3.05, 3.63) is 41.8 Å². The predicted octanol–water partition coefficient (Wildman–Crippen LogP) is 3.81. The van der Waals surface area contributed by atoms with Crippen LogP contribution < -0.4 is 0 Å². The summed E-state index contributed by atoms with van der Waals surface area (Å²) in [5.41, 5.74) is 1.89. The summed E-state index contributed by atoms with van der Waals surface area (Å²) in [5, 5.41) is 16.5. The Labute approximate surface area is 168 Å². The van der Waals surface area contributed by atoms with Gasteiger partial charge < -0.3 is 4.74 Å². The lowest BCUT2D eigenvalue weighted by Gasteiger charge is -2.10. The van der Waals surface area contributed by atoms with Crippen molar-refractivity contribution in [1.29, 1.82) is 0 Å². The zero-order valence-corrected chi connectivity index (χ0v) is 16.3. The lowest BCUT2D eigenvalue weighted by Crippen LogP contribution is -2.16. The normalized spacial score (nSPS) is 16.8. The van der Waals surface area contributed by atoms with Crippen LogP contribution in [0.3, 0.4) is 0 Å². The first-order valence-electron chi connectivity index (χ1n) is 8.82. The molecule has 0 amide bonds. The fourth-order valence-corrected chi connectivity index (χ4v) is 5.07. The van der Waals surface area contributed by atoms with Crippen LogP contribution in [0.25, 0.3) is 21.3 Å². The molecule has 7 nitrogen and oxygen atoms in total. The van der Waals surface area contributed by atoms with Crippen molar-refractivity contribution in [2.75, 3.05) is 6.61 Å². The van der Waals surface area contributed by atoms with Gasteiger partial charge in [-0.1, -0.05) is 12.1 Å². The molecule has 1 aliphatic heterocycles. The highest BCUT2D eigenvalue weighted by atomic mass is 32.2. The first kappa shape index (κ1) is 17.7. The van der Waals surface area contributed by atoms with Crippen LogP contribution in [0.5, 0.6) is 0 Å². The summed E-state index contributed by atoms with van der Waals surface area (Å²) >= 11 is 2.94. The molecule has 3 aromatic heterocycles. The number of halogens is 1. The fourth-order valence-electron chi connectivity index (χ4n) is 3.22. The van der Waals surface area contributed by atoms with Crippen molar-refractivity contribution in [2.45, 2.75) is 35.7 Å². The molecule has 0 bridgehead atoms. The van der Waals surface area contributed by atoms with Gasteiger partial charge in [0.15, 0.2) is 0 Å². The van der Waals surface area contributed by atoms with Gasteiger partial charge in [-0.05, 0) is 52.7 Å². The van der Waals surface area contributed by atoms with Gasteiger partial charge in [0.05, 0.1) is 18.0 Å². The van der Waals surface area contributed by atoms with Crippen molar-refractivity contribution < 1.29 is 9.13 Å². The Morgan fingerprint density at radius 1 is 1.25 bits per heavy atom. The highest BCUT2D eigenvalue weighted by molar-refractivity contribution is 7.99. The SMILES string of the molecule is Fc1ccc(-c2csc3ncnc(Sc4nnnn4C[C@H]4CCCO4)c23)cc1. The summed E-state index contributed by atoms with van der Waals surface area (Å²) in [6.07, 6.45) is 3.77. The summed E-state index contributed by atoms with van der Waals surface area (Å²) in [5.74, 6) is -0.262. The van der Waals surface area contributed by atoms with E-state index < -0.39 is 0 Å². The molecule has 4 heterocycles. The zero-order valence-electron chi connectivity index (χ0n) is 14.7. The maximum absolute atomic E-state index is 13.3. The van der Waals surface area contributed by atoms with E-state index in [0.29, 0.717) is 11.7 Å². The van der Waals surface area contributed by atoms with E-state index in [0.717, 1.165) is 45.8 Å². The molecular formula is C18H15FN6OS2. The Kier molecular flexibility index (Phi) is 4.75. The van der Waals surface area contributed by atoms with Crippen LogP contribution in [0.15, 0.2) is 46.2 Å². The Morgan fingerprint density at radius 2 is 2.14 bits per heavy atom. The number of thiophene rings is 1. The van der Waals surface area contributed by atoms with Crippen molar-refractivity contribution >= 4 is 33.3 Å². The molecular weight excluding hydrogens is 399 g/mol. The molecule has 0 aliphatic carbocycles. The van der Waals surface area contributed by atoms with Gasteiger partial charge in [-0.25, -0.2) is 19.0 Å². The minimum absolute atomic E-state index is 0.143. The molecule has 1 fully saturated rings. The minimum Gasteiger partial charge on any atom is -0.376 e. The molecule has 0 unspecified atom stereocenters. The summed E-state index contributed by atoms with van der Waals surface area (Å²) in [4.78, 5) is 9.73. The number of hydrogen-bond acceptors (Lipinski definition) is 8. The molecule has 1 aromatic carbocycles. The Bertz CT molecular complexity index is 1110. The standard InChI is InChI=1S/C18H15FN6OS2/c19-12-5-3-11(4-6-12)14-9-27-16-15(14)17(21-10-20-16)28-18-22-23-24-25(18)8-13-2-1-7-26-13/h3-6,9-10,13H,1-2,7-8H2/t13-/m1/s1. The van der Waals surface area contributed by atoms with Gasteiger partial charge in [0.1, 0.15) is 22.0 Å². The van der Waals surface area contributed by atoms with E-state index in [1.165, 1.54) is 35.2 Å². The second kappa shape index (κ2) is 7.53.